The fraction of sp³-hybridized carbons (Fsp3) is 0.462. The van der Waals surface area contributed by atoms with E-state index in [9.17, 15) is 14.9 Å². The minimum Gasteiger partial charge on any atom is -0.396 e. The Morgan fingerprint density at radius 3 is 2.63 bits per heavy atom. The van der Waals surface area contributed by atoms with Crippen LogP contribution >= 0.6 is 0 Å². The molecular formula is C13H18N2O4. The number of carbonyl (C=O) groups excluding carboxylic acids is 1. The third-order valence-electron chi connectivity index (χ3n) is 2.90. The van der Waals surface area contributed by atoms with Gasteiger partial charge in [-0.3, -0.25) is 14.9 Å². The van der Waals surface area contributed by atoms with Gasteiger partial charge in [0.25, 0.3) is 11.6 Å². The highest BCUT2D eigenvalue weighted by atomic mass is 16.6. The van der Waals surface area contributed by atoms with Crippen molar-refractivity contribution in [2.45, 2.75) is 20.8 Å². The lowest BCUT2D eigenvalue weighted by atomic mass is 9.94. The van der Waals surface area contributed by atoms with E-state index in [0.29, 0.717) is 12.1 Å². The van der Waals surface area contributed by atoms with Crippen LogP contribution in [0.2, 0.25) is 0 Å². The monoisotopic (exact) mass is 266 g/mol. The number of aliphatic hydroxyl groups is 1. The average molecular weight is 266 g/mol. The molecule has 1 amide bonds. The Balaban J connectivity index is 2.89. The molecule has 0 saturated heterocycles. The van der Waals surface area contributed by atoms with E-state index in [1.165, 1.54) is 12.1 Å². The molecule has 1 rings (SSSR count). The van der Waals surface area contributed by atoms with Crippen molar-refractivity contribution >= 4 is 11.6 Å². The van der Waals surface area contributed by atoms with Crippen LogP contribution in [-0.4, -0.2) is 29.1 Å². The molecular weight excluding hydrogens is 248 g/mol. The minimum absolute atomic E-state index is 0.0544. The topological polar surface area (TPSA) is 92.5 Å². The number of aliphatic hydroxyl groups excluding tert-OH is 1. The second kappa shape index (κ2) is 5.79. The molecule has 0 aromatic heterocycles. The Labute approximate surface area is 111 Å². The van der Waals surface area contributed by atoms with Crippen LogP contribution in [0.5, 0.6) is 0 Å². The molecule has 6 heteroatoms. The Hall–Kier alpha value is -1.95. The molecule has 1 aromatic carbocycles. The van der Waals surface area contributed by atoms with Crippen molar-refractivity contribution in [2.24, 2.45) is 5.41 Å². The van der Waals surface area contributed by atoms with Crippen LogP contribution in [0.4, 0.5) is 5.69 Å². The van der Waals surface area contributed by atoms with Crippen LogP contribution in [0.3, 0.4) is 0 Å². The number of carbonyl (C=O) groups is 1. The van der Waals surface area contributed by atoms with Gasteiger partial charge in [-0.1, -0.05) is 19.9 Å². The normalized spacial score (nSPS) is 11.2. The number of hydrogen-bond donors (Lipinski definition) is 2. The number of benzene rings is 1. The standard InChI is InChI=1S/C13H18N2O4/c1-9-10(5-4-6-11(9)15(18)19)12(17)14-7-13(2,3)8-16/h4-6,16H,7-8H2,1-3H3,(H,14,17). The first-order valence-electron chi connectivity index (χ1n) is 5.91. The number of rotatable bonds is 5. The third kappa shape index (κ3) is 3.75. The highest BCUT2D eigenvalue weighted by molar-refractivity contribution is 5.96. The van der Waals surface area contributed by atoms with E-state index in [-0.39, 0.29) is 23.8 Å². The van der Waals surface area contributed by atoms with Gasteiger partial charge in [0, 0.05) is 35.8 Å². The van der Waals surface area contributed by atoms with Crippen molar-refractivity contribution in [3.05, 3.63) is 39.4 Å². The van der Waals surface area contributed by atoms with E-state index in [2.05, 4.69) is 5.32 Å². The van der Waals surface area contributed by atoms with Crippen molar-refractivity contribution < 1.29 is 14.8 Å². The fourth-order valence-electron chi connectivity index (χ4n) is 1.54. The van der Waals surface area contributed by atoms with Crippen molar-refractivity contribution in [1.29, 1.82) is 0 Å². The summed E-state index contributed by atoms with van der Waals surface area (Å²) in [6.45, 7) is 5.41. The molecule has 104 valence electrons. The largest absolute Gasteiger partial charge is 0.396 e. The molecule has 0 aliphatic rings. The molecule has 0 heterocycles. The lowest BCUT2D eigenvalue weighted by Gasteiger charge is -2.22. The molecule has 0 aliphatic heterocycles. The molecule has 0 bridgehead atoms. The highest BCUT2D eigenvalue weighted by Gasteiger charge is 2.21. The minimum atomic E-state index is -0.510. The predicted octanol–water partition coefficient (Wildman–Crippen LogP) is 1.65. The summed E-state index contributed by atoms with van der Waals surface area (Å²) in [6, 6.07) is 4.39. The first kappa shape index (κ1) is 15.1. The van der Waals surface area contributed by atoms with Gasteiger partial charge in [-0.05, 0) is 13.0 Å². The van der Waals surface area contributed by atoms with Crippen LogP contribution in [0.1, 0.15) is 29.8 Å². The first-order valence-corrected chi connectivity index (χ1v) is 5.91. The van der Waals surface area contributed by atoms with Gasteiger partial charge in [0.05, 0.1) is 4.92 Å². The summed E-state index contributed by atoms with van der Waals surface area (Å²) in [4.78, 5) is 22.3. The van der Waals surface area contributed by atoms with E-state index in [1.54, 1.807) is 13.0 Å². The van der Waals surface area contributed by atoms with Gasteiger partial charge < -0.3 is 10.4 Å². The summed E-state index contributed by atoms with van der Waals surface area (Å²) >= 11 is 0. The number of amides is 1. The third-order valence-corrected chi connectivity index (χ3v) is 2.90. The number of nitrogens with zero attached hydrogens (tertiary/aromatic N) is 1. The molecule has 0 saturated carbocycles. The summed E-state index contributed by atoms with van der Waals surface area (Å²) in [6.07, 6.45) is 0. The first-order chi connectivity index (χ1) is 8.78. The average Bonchev–Trinajstić information content (AvgIpc) is 2.36. The highest BCUT2D eigenvalue weighted by Crippen LogP contribution is 2.21. The van der Waals surface area contributed by atoms with Crippen molar-refractivity contribution in [3.63, 3.8) is 0 Å². The molecule has 0 radical (unpaired) electrons. The van der Waals surface area contributed by atoms with Crippen molar-refractivity contribution in [1.82, 2.24) is 5.32 Å². The molecule has 0 fully saturated rings. The van der Waals surface area contributed by atoms with Crippen LogP contribution in [0.15, 0.2) is 18.2 Å². The molecule has 0 aliphatic carbocycles. The smallest absolute Gasteiger partial charge is 0.273 e. The van der Waals surface area contributed by atoms with Gasteiger partial charge >= 0.3 is 0 Å². The van der Waals surface area contributed by atoms with E-state index >= 15 is 0 Å². The summed E-state index contributed by atoms with van der Waals surface area (Å²) in [5, 5.41) is 22.6. The van der Waals surface area contributed by atoms with Crippen molar-refractivity contribution in [2.75, 3.05) is 13.2 Å². The molecule has 0 atom stereocenters. The second-order valence-corrected chi connectivity index (χ2v) is 5.21. The van der Waals surface area contributed by atoms with Gasteiger partial charge in [0.2, 0.25) is 0 Å². The van der Waals surface area contributed by atoms with Crippen LogP contribution < -0.4 is 5.32 Å². The van der Waals surface area contributed by atoms with Crippen LogP contribution in [-0.2, 0) is 0 Å². The van der Waals surface area contributed by atoms with Gasteiger partial charge in [0.1, 0.15) is 0 Å². The molecule has 0 spiro atoms. The van der Waals surface area contributed by atoms with E-state index in [1.807, 2.05) is 13.8 Å². The Kier molecular flexibility index (Phi) is 4.61. The zero-order valence-electron chi connectivity index (χ0n) is 11.3. The van der Waals surface area contributed by atoms with Crippen LogP contribution in [0, 0.1) is 22.5 Å². The van der Waals surface area contributed by atoms with E-state index in [0.717, 1.165) is 0 Å². The summed E-state index contributed by atoms with van der Waals surface area (Å²) in [5.74, 6) is -0.372. The molecule has 2 N–H and O–H groups in total. The SMILES string of the molecule is Cc1c(C(=O)NCC(C)(C)CO)cccc1[N+](=O)[O-]. The maximum atomic E-state index is 12.0. The summed E-state index contributed by atoms with van der Waals surface area (Å²) < 4.78 is 0. The fourth-order valence-corrected chi connectivity index (χ4v) is 1.54. The second-order valence-electron chi connectivity index (χ2n) is 5.21. The summed E-state index contributed by atoms with van der Waals surface area (Å²) in [7, 11) is 0. The lowest BCUT2D eigenvalue weighted by Crippen LogP contribution is -2.36. The number of nitro benzene ring substituents is 1. The molecule has 6 nitrogen and oxygen atoms in total. The van der Waals surface area contributed by atoms with Crippen molar-refractivity contribution in [3.8, 4) is 0 Å². The molecule has 0 unspecified atom stereocenters. The molecule has 1 aromatic rings. The number of hydrogen-bond acceptors (Lipinski definition) is 4. The maximum absolute atomic E-state index is 12.0. The van der Waals surface area contributed by atoms with E-state index < -0.39 is 10.3 Å². The number of nitrogens with one attached hydrogen (secondary N) is 1. The van der Waals surface area contributed by atoms with Gasteiger partial charge in [-0.2, -0.15) is 0 Å². The van der Waals surface area contributed by atoms with Gasteiger partial charge in [0.15, 0.2) is 0 Å². The lowest BCUT2D eigenvalue weighted by molar-refractivity contribution is -0.385. The maximum Gasteiger partial charge on any atom is 0.273 e. The van der Waals surface area contributed by atoms with Gasteiger partial charge in [-0.25, -0.2) is 0 Å². The van der Waals surface area contributed by atoms with E-state index in [4.69, 9.17) is 5.11 Å². The summed E-state index contributed by atoms with van der Waals surface area (Å²) in [5.41, 5.74) is 0.119. The Morgan fingerprint density at radius 2 is 2.11 bits per heavy atom. The zero-order valence-corrected chi connectivity index (χ0v) is 11.3. The van der Waals surface area contributed by atoms with Gasteiger partial charge in [-0.15, -0.1) is 0 Å². The van der Waals surface area contributed by atoms with Crippen LogP contribution in [0.25, 0.3) is 0 Å². The quantitative estimate of drug-likeness (QED) is 0.626. The predicted molar refractivity (Wildman–Crippen MR) is 71.0 cm³/mol. The Bertz CT molecular complexity index is 497. The Morgan fingerprint density at radius 1 is 1.47 bits per heavy atom. The number of nitro groups is 1. The molecule has 19 heavy (non-hydrogen) atoms. The zero-order chi connectivity index (χ0) is 14.6.